The zero-order valence-corrected chi connectivity index (χ0v) is 21.7. The number of H-pyrrole nitrogens is 1. The number of benzene rings is 3. The predicted octanol–water partition coefficient (Wildman–Crippen LogP) is 6.79. The first-order valence-corrected chi connectivity index (χ1v) is 13.6. The van der Waals surface area contributed by atoms with Crippen LogP contribution in [-0.4, -0.2) is 24.8 Å². The largest absolute Gasteiger partial charge is 0.424 e. The Morgan fingerprint density at radius 3 is 2.54 bits per heavy atom. The molecule has 0 radical (unpaired) electrons. The maximum Gasteiger partial charge on any atom is 0.295 e. The number of nitrogens with one attached hydrogen (secondary N) is 2. The number of para-hydroxylation sites is 4. The Labute approximate surface area is 226 Å². The maximum atomic E-state index is 5.80. The molecule has 39 heavy (non-hydrogen) atoms. The molecule has 0 spiro atoms. The summed E-state index contributed by atoms with van der Waals surface area (Å²) in [6, 6.07) is 29.9. The molecule has 1 atom stereocenters. The van der Waals surface area contributed by atoms with Gasteiger partial charge in [0.15, 0.2) is 5.58 Å². The molecule has 0 fully saturated rings. The van der Waals surface area contributed by atoms with Crippen molar-refractivity contribution < 1.29 is 4.42 Å². The van der Waals surface area contributed by atoms with Gasteiger partial charge in [-0.3, -0.25) is 9.88 Å². The Hall–Kier alpha value is -4.49. The molecule has 6 aromatic rings. The first kappa shape index (κ1) is 23.6. The van der Waals surface area contributed by atoms with Crippen LogP contribution < -0.4 is 5.32 Å². The second-order valence-corrected chi connectivity index (χ2v) is 10.2. The smallest absolute Gasteiger partial charge is 0.295 e. The average Bonchev–Trinajstić information content (AvgIpc) is 3.59. The van der Waals surface area contributed by atoms with Gasteiger partial charge in [-0.1, -0.05) is 54.6 Å². The van der Waals surface area contributed by atoms with Crippen molar-refractivity contribution >= 4 is 28.1 Å². The van der Waals surface area contributed by atoms with Crippen LogP contribution in [-0.2, 0) is 26.1 Å². The van der Waals surface area contributed by atoms with Crippen LogP contribution in [0.25, 0.3) is 22.1 Å². The molecular weight excluding hydrogens is 484 g/mol. The molecule has 0 amide bonds. The molecule has 3 aromatic carbocycles. The van der Waals surface area contributed by atoms with Crippen LogP contribution in [0.5, 0.6) is 0 Å². The number of hydrogen-bond acceptors (Lipinski definition) is 6. The molecule has 194 valence electrons. The van der Waals surface area contributed by atoms with Gasteiger partial charge in [0.1, 0.15) is 11.3 Å². The van der Waals surface area contributed by atoms with Crippen LogP contribution in [0, 0.1) is 0 Å². The summed E-state index contributed by atoms with van der Waals surface area (Å²) >= 11 is 0. The lowest BCUT2D eigenvalue weighted by atomic mass is 9.90. The molecule has 3 heterocycles. The minimum absolute atomic E-state index is 0.253. The van der Waals surface area contributed by atoms with Gasteiger partial charge >= 0.3 is 0 Å². The third-order valence-electron chi connectivity index (χ3n) is 7.54. The topological polar surface area (TPSA) is 82.9 Å². The van der Waals surface area contributed by atoms with Crippen molar-refractivity contribution in [3.8, 4) is 0 Å². The van der Waals surface area contributed by atoms with Gasteiger partial charge < -0.3 is 14.7 Å². The van der Waals surface area contributed by atoms with E-state index in [1.165, 1.54) is 28.8 Å². The molecule has 1 aliphatic carbocycles. The lowest BCUT2D eigenvalue weighted by molar-refractivity contribution is 0.153. The van der Waals surface area contributed by atoms with Crippen LogP contribution >= 0.6 is 0 Å². The molecule has 1 unspecified atom stereocenters. The van der Waals surface area contributed by atoms with Gasteiger partial charge in [-0.25, -0.2) is 4.98 Å². The highest BCUT2D eigenvalue weighted by Gasteiger charge is 2.28. The van der Waals surface area contributed by atoms with Gasteiger partial charge in [0.25, 0.3) is 6.01 Å². The molecule has 7 heteroatoms. The fourth-order valence-corrected chi connectivity index (χ4v) is 5.61. The summed E-state index contributed by atoms with van der Waals surface area (Å²) in [6.45, 7) is 2.20. The van der Waals surface area contributed by atoms with E-state index >= 15 is 0 Å². The monoisotopic (exact) mass is 514 g/mol. The van der Waals surface area contributed by atoms with E-state index in [1.54, 1.807) is 0 Å². The number of nitrogens with zero attached hydrogens (tertiary/aromatic N) is 4. The SMILES string of the molecule is c1cnc2c(c1)CCCC2N(Cc1ccc(CNc2nc3ccccc3o2)cc1)Cc1nc2ccccc2[nH]1. The summed E-state index contributed by atoms with van der Waals surface area (Å²) in [7, 11) is 0. The van der Waals surface area contributed by atoms with E-state index < -0.39 is 0 Å². The van der Waals surface area contributed by atoms with Crippen LogP contribution in [0.4, 0.5) is 6.01 Å². The zero-order chi connectivity index (χ0) is 26.0. The lowest BCUT2D eigenvalue weighted by Gasteiger charge is -2.34. The standard InChI is InChI=1S/C32H30N6O/c1-2-10-26-25(9-1)35-30(36-26)21-38(28-12-5-7-24-8-6-18-33-31(24)28)20-23-16-14-22(15-17-23)19-34-32-37-27-11-3-4-13-29(27)39-32/h1-4,6,8-11,13-18,28H,5,7,12,19-21H2,(H,34,37)(H,35,36). The molecule has 1 aliphatic rings. The number of rotatable bonds is 8. The Morgan fingerprint density at radius 2 is 1.67 bits per heavy atom. The molecule has 0 bridgehead atoms. The fraction of sp³-hybridized carbons (Fsp3) is 0.219. The van der Waals surface area contributed by atoms with Crippen molar-refractivity contribution in [2.75, 3.05) is 5.32 Å². The molecule has 7 rings (SSSR count). The number of aromatic amines is 1. The van der Waals surface area contributed by atoms with E-state index in [0.717, 1.165) is 53.9 Å². The average molecular weight is 515 g/mol. The molecule has 3 aromatic heterocycles. The van der Waals surface area contributed by atoms with Crippen LogP contribution in [0.1, 0.15) is 47.1 Å². The van der Waals surface area contributed by atoms with Crippen molar-refractivity contribution in [2.45, 2.75) is 44.9 Å². The van der Waals surface area contributed by atoms with Crippen molar-refractivity contribution in [1.29, 1.82) is 0 Å². The lowest BCUT2D eigenvalue weighted by Crippen LogP contribution is -2.31. The Balaban J connectivity index is 1.10. The Bertz CT molecular complexity index is 1650. The highest BCUT2D eigenvalue weighted by atomic mass is 16.4. The summed E-state index contributed by atoms with van der Waals surface area (Å²) in [6.07, 6.45) is 5.28. The number of aromatic nitrogens is 4. The highest BCUT2D eigenvalue weighted by molar-refractivity contribution is 5.75. The summed E-state index contributed by atoms with van der Waals surface area (Å²) in [5, 5.41) is 3.31. The van der Waals surface area contributed by atoms with E-state index in [2.05, 4.69) is 68.7 Å². The van der Waals surface area contributed by atoms with Gasteiger partial charge in [-0.05, 0) is 66.3 Å². The van der Waals surface area contributed by atoms with Crippen LogP contribution in [0.2, 0.25) is 0 Å². The summed E-state index contributed by atoms with van der Waals surface area (Å²) in [4.78, 5) is 20.3. The number of aryl methyl sites for hydroxylation is 1. The van der Waals surface area contributed by atoms with E-state index in [-0.39, 0.29) is 6.04 Å². The second kappa shape index (κ2) is 10.3. The number of anilines is 1. The third kappa shape index (κ3) is 5.01. The van der Waals surface area contributed by atoms with Gasteiger partial charge in [-0.2, -0.15) is 4.98 Å². The van der Waals surface area contributed by atoms with Gasteiger partial charge in [0, 0.05) is 19.3 Å². The van der Waals surface area contributed by atoms with Gasteiger partial charge in [0.05, 0.1) is 29.3 Å². The van der Waals surface area contributed by atoms with Gasteiger partial charge in [-0.15, -0.1) is 0 Å². The Morgan fingerprint density at radius 1 is 0.846 bits per heavy atom. The number of fused-ring (bicyclic) bond motifs is 3. The molecule has 0 aliphatic heterocycles. The van der Waals surface area contributed by atoms with Crippen LogP contribution in [0.3, 0.4) is 0 Å². The van der Waals surface area contributed by atoms with Crippen LogP contribution in [0.15, 0.2) is 95.5 Å². The molecule has 2 N–H and O–H groups in total. The minimum atomic E-state index is 0.253. The summed E-state index contributed by atoms with van der Waals surface area (Å²) in [5.41, 5.74) is 8.74. The maximum absolute atomic E-state index is 5.80. The van der Waals surface area contributed by atoms with E-state index in [9.17, 15) is 0 Å². The number of hydrogen-bond donors (Lipinski definition) is 2. The third-order valence-corrected chi connectivity index (χ3v) is 7.54. The van der Waals surface area contributed by atoms with Crippen molar-refractivity contribution in [3.63, 3.8) is 0 Å². The summed E-state index contributed by atoms with van der Waals surface area (Å²) < 4.78 is 5.80. The first-order chi connectivity index (χ1) is 19.3. The predicted molar refractivity (Wildman–Crippen MR) is 153 cm³/mol. The summed E-state index contributed by atoms with van der Waals surface area (Å²) in [5.74, 6) is 0.985. The van der Waals surface area contributed by atoms with E-state index in [4.69, 9.17) is 14.4 Å². The normalized spacial score (nSPS) is 15.2. The fourth-order valence-electron chi connectivity index (χ4n) is 5.61. The van der Waals surface area contributed by atoms with Crippen molar-refractivity contribution in [1.82, 2.24) is 24.8 Å². The second-order valence-electron chi connectivity index (χ2n) is 10.2. The van der Waals surface area contributed by atoms with Gasteiger partial charge in [0.2, 0.25) is 0 Å². The molecular formula is C32H30N6O. The molecule has 0 saturated carbocycles. The van der Waals surface area contributed by atoms with Crippen molar-refractivity contribution in [3.05, 3.63) is 119 Å². The molecule has 0 saturated heterocycles. The highest BCUT2D eigenvalue weighted by Crippen LogP contribution is 2.34. The number of pyridine rings is 1. The number of imidazole rings is 1. The van der Waals surface area contributed by atoms with Crippen molar-refractivity contribution in [2.24, 2.45) is 0 Å². The number of oxazole rings is 1. The Kier molecular flexibility index (Phi) is 6.26. The quantitative estimate of drug-likeness (QED) is 0.233. The molecule has 7 nitrogen and oxygen atoms in total. The van der Waals surface area contributed by atoms with E-state index in [1.807, 2.05) is 42.6 Å². The van der Waals surface area contributed by atoms with E-state index in [0.29, 0.717) is 12.6 Å². The minimum Gasteiger partial charge on any atom is -0.424 e. The first-order valence-electron chi connectivity index (χ1n) is 13.6. The zero-order valence-electron chi connectivity index (χ0n) is 21.7.